The summed E-state index contributed by atoms with van der Waals surface area (Å²) in [4.78, 5) is 50.6. The number of phenols is 1. The normalized spacial score (nSPS) is 28.9. The van der Waals surface area contributed by atoms with Crippen molar-refractivity contribution in [3.8, 4) is 11.5 Å². The first-order valence-corrected chi connectivity index (χ1v) is 10.1. The lowest BCUT2D eigenvalue weighted by atomic mass is 9.58. The number of hydrogen-bond donors (Lipinski definition) is 5. The number of ketones is 2. The van der Waals surface area contributed by atoms with Gasteiger partial charge in [0, 0.05) is 11.5 Å². The van der Waals surface area contributed by atoms with Gasteiger partial charge in [0.1, 0.15) is 17.1 Å². The summed E-state index contributed by atoms with van der Waals surface area (Å²) in [5.74, 6) is -7.66. The maximum absolute atomic E-state index is 13.3. The van der Waals surface area contributed by atoms with Gasteiger partial charge in [0.05, 0.1) is 11.6 Å². The number of rotatable bonds is 4. The lowest BCUT2D eigenvalue weighted by Gasteiger charge is -2.50. The molecule has 0 saturated heterocycles. The molecule has 6 N–H and O–H groups in total. The summed E-state index contributed by atoms with van der Waals surface area (Å²) >= 11 is 0. The van der Waals surface area contributed by atoms with E-state index in [1.54, 1.807) is 14.1 Å². The van der Waals surface area contributed by atoms with Crippen molar-refractivity contribution < 1.29 is 44.3 Å². The van der Waals surface area contributed by atoms with Gasteiger partial charge in [-0.1, -0.05) is 6.07 Å². The highest BCUT2D eigenvalue weighted by Crippen LogP contribution is 2.52. The highest BCUT2D eigenvalue weighted by molar-refractivity contribution is 6.24. The fraction of sp³-hybridized carbons (Fsp3) is 0.364. The summed E-state index contributed by atoms with van der Waals surface area (Å²) in [6.45, 7) is 0.0778. The van der Waals surface area contributed by atoms with Crippen LogP contribution in [0.5, 0.6) is 11.5 Å². The Kier molecular flexibility index (Phi) is 5.06. The Bertz CT molecular complexity index is 1180. The molecule has 0 aliphatic heterocycles. The lowest BCUT2D eigenvalue weighted by Crippen LogP contribution is -2.63. The zero-order valence-electron chi connectivity index (χ0n) is 17.7. The number of carbonyl (C=O) groups excluding carboxylic acids is 4. The number of aliphatic hydroxyl groups is 3. The number of ether oxygens (including phenoxy) is 1. The minimum atomic E-state index is -2.70. The summed E-state index contributed by atoms with van der Waals surface area (Å²) in [5, 5.41) is 43.7. The van der Waals surface area contributed by atoms with Crippen LogP contribution in [-0.4, -0.2) is 75.0 Å². The fourth-order valence-corrected chi connectivity index (χ4v) is 5.35. The second kappa shape index (κ2) is 7.42. The zero-order chi connectivity index (χ0) is 24.4. The molecular weight excluding hydrogens is 436 g/mol. The lowest BCUT2D eigenvalue weighted by molar-refractivity contribution is -0.148. The van der Waals surface area contributed by atoms with Crippen molar-refractivity contribution in [2.45, 2.75) is 24.5 Å². The minimum absolute atomic E-state index is 0.000880. The third-order valence-electron chi connectivity index (χ3n) is 6.73. The number of hydrogen-bond acceptors (Lipinski definition) is 10. The monoisotopic (exact) mass is 458 g/mol. The highest BCUT2D eigenvalue weighted by atomic mass is 16.5. The Balaban J connectivity index is 1.94. The Morgan fingerprint density at radius 2 is 1.91 bits per heavy atom. The number of Topliss-reactive ketones (excluding diaryl/α,β-unsaturated/α-hetero) is 2. The topological polar surface area (TPSA) is 188 Å². The minimum Gasteiger partial charge on any atom is -0.510 e. The number of aliphatic hydroxyl groups excluding tert-OH is 2. The average molecular weight is 458 g/mol. The van der Waals surface area contributed by atoms with Gasteiger partial charge < -0.3 is 30.9 Å². The van der Waals surface area contributed by atoms with Crippen LogP contribution in [0.2, 0.25) is 0 Å². The van der Waals surface area contributed by atoms with Gasteiger partial charge in [-0.25, -0.2) is 0 Å². The molecule has 174 valence electrons. The first-order chi connectivity index (χ1) is 15.5. The molecule has 0 bridgehead atoms. The molecule has 0 heterocycles. The van der Waals surface area contributed by atoms with Crippen LogP contribution in [0, 0.1) is 11.8 Å². The Hall–Kier alpha value is -3.70. The molecule has 0 spiro atoms. The SMILES string of the molecule is CN(C)[C@@H]1C(O)=C(C(N)=O)C(=O)[C@@]2(O)C(O)=C3C(=O)c4c(ccc(OC=O)c4O)C[C@H]3C[C@@H]12. The van der Waals surface area contributed by atoms with Crippen molar-refractivity contribution in [1.82, 2.24) is 4.90 Å². The quantitative estimate of drug-likeness (QED) is 0.295. The molecule has 4 rings (SSSR count). The van der Waals surface area contributed by atoms with Gasteiger partial charge in [0.25, 0.3) is 12.4 Å². The number of carbonyl (C=O) groups is 4. The molecule has 4 atom stereocenters. The molecule has 3 aliphatic rings. The molecule has 0 saturated carbocycles. The Morgan fingerprint density at radius 3 is 2.48 bits per heavy atom. The largest absolute Gasteiger partial charge is 0.510 e. The summed E-state index contributed by atoms with van der Waals surface area (Å²) in [6.07, 6.45) is 0.155. The van der Waals surface area contributed by atoms with Gasteiger partial charge in [-0.15, -0.1) is 0 Å². The van der Waals surface area contributed by atoms with Crippen molar-refractivity contribution in [1.29, 1.82) is 0 Å². The van der Waals surface area contributed by atoms with E-state index in [-0.39, 0.29) is 36.2 Å². The molecule has 0 fully saturated rings. The van der Waals surface area contributed by atoms with Crippen molar-refractivity contribution in [2.24, 2.45) is 17.6 Å². The fourth-order valence-electron chi connectivity index (χ4n) is 5.35. The van der Waals surface area contributed by atoms with E-state index in [9.17, 15) is 39.6 Å². The third-order valence-corrected chi connectivity index (χ3v) is 6.73. The van der Waals surface area contributed by atoms with E-state index in [1.165, 1.54) is 17.0 Å². The highest BCUT2D eigenvalue weighted by Gasteiger charge is 2.63. The number of phenolic OH excluding ortho intramolecular Hbond substituents is 1. The molecule has 0 aromatic heterocycles. The van der Waals surface area contributed by atoms with E-state index in [2.05, 4.69) is 4.74 Å². The van der Waals surface area contributed by atoms with Gasteiger partial charge >= 0.3 is 0 Å². The first-order valence-electron chi connectivity index (χ1n) is 10.1. The molecule has 1 amide bonds. The number of aromatic hydroxyl groups is 1. The maximum atomic E-state index is 13.3. The van der Waals surface area contributed by atoms with Crippen LogP contribution in [-0.2, 0) is 20.8 Å². The van der Waals surface area contributed by atoms with Crippen molar-refractivity contribution in [2.75, 3.05) is 14.1 Å². The van der Waals surface area contributed by atoms with Crippen LogP contribution in [0.3, 0.4) is 0 Å². The zero-order valence-corrected chi connectivity index (χ0v) is 17.7. The Morgan fingerprint density at radius 1 is 1.24 bits per heavy atom. The molecular formula is C22H22N2O9. The van der Waals surface area contributed by atoms with Crippen LogP contribution in [0.25, 0.3) is 0 Å². The van der Waals surface area contributed by atoms with E-state index in [0.29, 0.717) is 5.56 Å². The molecule has 33 heavy (non-hydrogen) atoms. The van der Waals surface area contributed by atoms with Gasteiger partial charge in [-0.3, -0.25) is 24.1 Å². The van der Waals surface area contributed by atoms with E-state index in [4.69, 9.17) is 5.73 Å². The molecule has 11 nitrogen and oxygen atoms in total. The summed E-state index contributed by atoms with van der Waals surface area (Å²) < 4.78 is 4.67. The second-order valence-corrected chi connectivity index (χ2v) is 8.62. The number of likely N-dealkylation sites (N-methyl/N-ethyl adjacent to an activating group) is 1. The van der Waals surface area contributed by atoms with E-state index < -0.39 is 63.8 Å². The summed E-state index contributed by atoms with van der Waals surface area (Å²) in [6, 6.07) is 1.77. The predicted octanol–water partition coefficient (Wildman–Crippen LogP) is -0.344. The number of amides is 1. The van der Waals surface area contributed by atoms with Crippen LogP contribution >= 0.6 is 0 Å². The van der Waals surface area contributed by atoms with E-state index in [1.807, 2.05) is 0 Å². The van der Waals surface area contributed by atoms with Gasteiger partial charge in [0.2, 0.25) is 5.78 Å². The van der Waals surface area contributed by atoms with E-state index >= 15 is 0 Å². The van der Waals surface area contributed by atoms with Crippen molar-refractivity contribution in [3.63, 3.8) is 0 Å². The van der Waals surface area contributed by atoms with Crippen LogP contribution in [0.15, 0.2) is 34.8 Å². The smallest absolute Gasteiger partial charge is 0.298 e. The molecule has 1 aromatic carbocycles. The number of nitrogens with two attached hydrogens (primary N) is 1. The number of benzene rings is 1. The molecule has 0 radical (unpaired) electrons. The van der Waals surface area contributed by atoms with Gasteiger partial charge in [-0.05, 0) is 44.5 Å². The van der Waals surface area contributed by atoms with Gasteiger partial charge in [-0.2, -0.15) is 0 Å². The summed E-state index contributed by atoms with van der Waals surface area (Å²) in [7, 11) is 3.11. The number of nitrogens with zero attached hydrogens (tertiary/aromatic N) is 1. The molecule has 0 unspecified atom stereocenters. The summed E-state index contributed by atoms with van der Waals surface area (Å²) in [5.41, 5.74) is 1.62. The number of primary amides is 1. The van der Waals surface area contributed by atoms with Crippen LogP contribution < -0.4 is 10.5 Å². The van der Waals surface area contributed by atoms with Gasteiger partial charge in [0.15, 0.2) is 22.9 Å². The Labute approximate surface area is 187 Å². The van der Waals surface area contributed by atoms with Crippen LogP contribution in [0.1, 0.15) is 22.3 Å². The predicted molar refractivity (Wildman–Crippen MR) is 110 cm³/mol. The number of allylic oxidation sites excluding steroid dienone is 1. The van der Waals surface area contributed by atoms with Crippen molar-refractivity contribution >= 4 is 23.9 Å². The molecule has 3 aliphatic carbocycles. The van der Waals surface area contributed by atoms with Crippen LogP contribution in [0.4, 0.5) is 0 Å². The average Bonchev–Trinajstić information content (AvgIpc) is 2.72. The standard InChI is InChI=1S/C22H22N2O9/c1-24(2)15-10-6-9-5-8-3-4-11(33-7-25)16(26)12(8)17(27)13(9)19(29)22(10,32)20(30)14(18(15)28)21(23)31/h3-4,7,9-10,15,26,28-29,32H,5-6H2,1-2H3,(H2,23,31)/t9-,10-,15-,22-/m0/s1. The second-order valence-electron chi connectivity index (χ2n) is 8.62. The molecule has 1 aromatic rings. The third kappa shape index (κ3) is 2.89. The first kappa shape index (κ1) is 22.5. The number of fused-ring (bicyclic) bond motifs is 3. The van der Waals surface area contributed by atoms with Crippen molar-refractivity contribution in [3.05, 3.63) is 45.9 Å². The maximum Gasteiger partial charge on any atom is 0.298 e. The molecule has 11 heteroatoms. The van der Waals surface area contributed by atoms with E-state index in [0.717, 1.165) is 0 Å².